The van der Waals surface area contributed by atoms with Crippen molar-refractivity contribution < 1.29 is 18.6 Å². The van der Waals surface area contributed by atoms with E-state index in [-0.39, 0.29) is 29.9 Å². The van der Waals surface area contributed by atoms with Crippen LogP contribution in [0.25, 0.3) is 11.3 Å². The Morgan fingerprint density at radius 1 is 1.24 bits per heavy atom. The summed E-state index contributed by atoms with van der Waals surface area (Å²) in [6, 6.07) is 3.72. The molecule has 0 aliphatic rings. The van der Waals surface area contributed by atoms with Crippen LogP contribution in [0.2, 0.25) is 5.28 Å². The first-order chi connectivity index (χ1) is 10.1. The third-order valence-corrected chi connectivity index (χ3v) is 2.91. The van der Waals surface area contributed by atoms with Gasteiger partial charge in [0, 0.05) is 18.2 Å². The molecule has 0 spiro atoms. The summed E-state index contributed by atoms with van der Waals surface area (Å²) < 4.78 is 32.6. The summed E-state index contributed by atoms with van der Waals surface area (Å²) in [5.41, 5.74) is 0.245. The van der Waals surface area contributed by atoms with Gasteiger partial charge in [-0.25, -0.2) is 18.7 Å². The lowest BCUT2D eigenvalue weighted by molar-refractivity contribution is 0.253. The number of unbranched alkanes of at least 4 members (excludes halogenated alkanes) is 1. The third-order valence-electron chi connectivity index (χ3n) is 2.72. The average Bonchev–Trinajstić information content (AvgIpc) is 2.47. The smallest absolute Gasteiger partial charge is 0.223 e. The second-order valence-electron chi connectivity index (χ2n) is 4.26. The molecule has 0 unspecified atom stereocenters. The van der Waals surface area contributed by atoms with Gasteiger partial charge in [-0.15, -0.1) is 0 Å². The second-order valence-corrected chi connectivity index (χ2v) is 4.59. The van der Waals surface area contributed by atoms with Gasteiger partial charge in [0.2, 0.25) is 5.28 Å². The van der Waals surface area contributed by atoms with E-state index in [1.807, 2.05) is 0 Å². The van der Waals surface area contributed by atoms with Crippen LogP contribution < -0.4 is 4.74 Å². The van der Waals surface area contributed by atoms with Crippen molar-refractivity contribution in [1.29, 1.82) is 0 Å². The van der Waals surface area contributed by atoms with Crippen LogP contribution in [0, 0.1) is 11.6 Å². The standard InChI is InChI=1S/C14H13ClF2N2O2/c15-14-18-8-11(17)13(19-14)10-4-3-9(16)7-12(10)21-6-2-1-5-20/h3-4,7-8,20H,1-2,5-6H2. The Bertz CT molecular complexity index is 626. The maximum atomic E-state index is 13.8. The highest BCUT2D eigenvalue weighted by Gasteiger charge is 2.15. The molecule has 1 aromatic carbocycles. The van der Waals surface area contributed by atoms with Crippen molar-refractivity contribution in [3.8, 4) is 17.0 Å². The maximum Gasteiger partial charge on any atom is 0.223 e. The van der Waals surface area contributed by atoms with Gasteiger partial charge in [0.15, 0.2) is 5.82 Å². The van der Waals surface area contributed by atoms with Gasteiger partial charge < -0.3 is 9.84 Å². The first-order valence-corrected chi connectivity index (χ1v) is 6.71. The molecular formula is C14H13ClF2N2O2. The molecule has 0 atom stereocenters. The molecule has 1 aromatic heterocycles. The molecule has 0 amide bonds. The molecule has 1 N–H and O–H groups in total. The van der Waals surface area contributed by atoms with E-state index >= 15 is 0 Å². The zero-order valence-corrected chi connectivity index (χ0v) is 11.8. The number of benzene rings is 1. The fourth-order valence-corrected chi connectivity index (χ4v) is 1.88. The quantitative estimate of drug-likeness (QED) is 0.657. The van der Waals surface area contributed by atoms with E-state index in [1.54, 1.807) is 0 Å². The minimum atomic E-state index is -0.675. The number of hydrogen-bond acceptors (Lipinski definition) is 4. The van der Waals surface area contributed by atoms with Gasteiger partial charge in [0.25, 0.3) is 0 Å². The molecular weight excluding hydrogens is 302 g/mol. The number of aliphatic hydroxyl groups is 1. The van der Waals surface area contributed by atoms with Crippen molar-refractivity contribution in [2.75, 3.05) is 13.2 Å². The first-order valence-electron chi connectivity index (χ1n) is 6.33. The minimum absolute atomic E-state index is 0.0489. The molecule has 112 valence electrons. The number of halogens is 3. The lowest BCUT2D eigenvalue weighted by Gasteiger charge is -2.11. The van der Waals surface area contributed by atoms with Crippen LogP contribution in [-0.4, -0.2) is 28.3 Å². The van der Waals surface area contributed by atoms with Crippen LogP contribution in [0.1, 0.15) is 12.8 Å². The van der Waals surface area contributed by atoms with E-state index in [2.05, 4.69) is 9.97 Å². The first kappa shape index (κ1) is 15.6. The van der Waals surface area contributed by atoms with Crippen molar-refractivity contribution in [3.05, 3.63) is 41.3 Å². The molecule has 0 aliphatic carbocycles. The summed E-state index contributed by atoms with van der Waals surface area (Å²) in [6.45, 7) is 0.326. The third kappa shape index (κ3) is 4.09. The van der Waals surface area contributed by atoms with Crippen LogP contribution in [0.4, 0.5) is 8.78 Å². The zero-order valence-electron chi connectivity index (χ0n) is 11.0. The van der Waals surface area contributed by atoms with Gasteiger partial charge in [-0.3, -0.25) is 0 Å². The molecule has 0 radical (unpaired) electrons. The van der Waals surface area contributed by atoms with E-state index in [0.717, 1.165) is 12.3 Å². The normalized spacial score (nSPS) is 10.7. The SMILES string of the molecule is OCCCCOc1cc(F)ccc1-c1nc(Cl)ncc1F. The van der Waals surface area contributed by atoms with Gasteiger partial charge in [-0.2, -0.15) is 0 Å². The summed E-state index contributed by atoms with van der Waals surface area (Å²) in [7, 11) is 0. The Labute approximate surface area is 125 Å². The summed E-state index contributed by atoms with van der Waals surface area (Å²) in [5, 5.41) is 8.60. The second kappa shape index (κ2) is 7.28. The number of hydrogen-bond donors (Lipinski definition) is 1. The molecule has 2 rings (SSSR count). The Balaban J connectivity index is 2.32. The van der Waals surface area contributed by atoms with Crippen LogP contribution >= 0.6 is 11.6 Å². The Kier molecular flexibility index (Phi) is 5.41. The lowest BCUT2D eigenvalue weighted by atomic mass is 10.1. The molecule has 0 aliphatic heterocycles. The molecule has 0 saturated heterocycles. The summed E-state index contributed by atoms with van der Waals surface area (Å²) >= 11 is 5.66. The molecule has 2 aromatic rings. The summed E-state index contributed by atoms with van der Waals surface area (Å²) in [6.07, 6.45) is 2.11. The molecule has 4 nitrogen and oxygen atoms in total. The topological polar surface area (TPSA) is 55.2 Å². The van der Waals surface area contributed by atoms with Crippen LogP contribution in [-0.2, 0) is 0 Å². The maximum absolute atomic E-state index is 13.8. The Morgan fingerprint density at radius 2 is 2.05 bits per heavy atom. The van der Waals surface area contributed by atoms with E-state index in [1.165, 1.54) is 12.1 Å². The van der Waals surface area contributed by atoms with E-state index in [4.69, 9.17) is 21.4 Å². The largest absolute Gasteiger partial charge is 0.493 e. The van der Waals surface area contributed by atoms with Crippen molar-refractivity contribution in [3.63, 3.8) is 0 Å². The highest BCUT2D eigenvalue weighted by molar-refractivity contribution is 6.28. The highest BCUT2D eigenvalue weighted by atomic mass is 35.5. The summed E-state index contributed by atoms with van der Waals surface area (Å²) in [5.74, 6) is -1.01. The van der Waals surface area contributed by atoms with Gasteiger partial charge >= 0.3 is 0 Å². The Morgan fingerprint density at radius 3 is 2.81 bits per heavy atom. The van der Waals surface area contributed by atoms with Crippen molar-refractivity contribution in [1.82, 2.24) is 9.97 Å². The fourth-order valence-electron chi connectivity index (χ4n) is 1.74. The molecule has 0 saturated carbocycles. The van der Waals surface area contributed by atoms with Crippen molar-refractivity contribution in [2.24, 2.45) is 0 Å². The lowest BCUT2D eigenvalue weighted by Crippen LogP contribution is -2.02. The zero-order chi connectivity index (χ0) is 15.2. The van der Waals surface area contributed by atoms with Crippen LogP contribution in [0.5, 0.6) is 5.75 Å². The fraction of sp³-hybridized carbons (Fsp3) is 0.286. The van der Waals surface area contributed by atoms with Gasteiger partial charge in [0.1, 0.15) is 17.3 Å². The molecule has 0 bridgehead atoms. The van der Waals surface area contributed by atoms with Crippen LogP contribution in [0.3, 0.4) is 0 Å². The highest BCUT2D eigenvalue weighted by Crippen LogP contribution is 2.31. The molecule has 0 fully saturated rings. The number of aromatic nitrogens is 2. The number of aliphatic hydroxyl groups excluding tert-OH is 1. The molecule has 21 heavy (non-hydrogen) atoms. The predicted molar refractivity (Wildman–Crippen MR) is 74.2 cm³/mol. The van der Waals surface area contributed by atoms with E-state index in [9.17, 15) is 8.78 Å². The number of ether oxygens (including phenoxy) is 1. The van der Waals surface area contributed by atoms with Crippen molar-refractivity contribution in [2.45, 2.75) is 12.8 Å². The van der Waals surface area contributed by atoms with E-state index in [0.29, 0.717) is 18.4 Å². The van der Waals surface area contributed by atoms with Gasteiger partial charge in [-0.1, -0.05) is 0 Å². The average molecular weight is 315 g/mol. The Hall–Kier alpha value is -1.79. The van der Waals surface area contributed by atoms with Gasteiger partial charge in [-0.05, 0) is 36.6 Å². The summed E-state index contributed by atoms with van der Waals surface area (Å²) in [4.78, 5) is 7.35. The van der Waals surface area contributed by atoms with Crippen molar-refractivity contribution >= 4 is 11.6 Å². The van der Waals surface area contributed by atoms with E-state index < -0.39 is 11.6 Å². The number of nitrogens with zero attached hydrogens (tertiary/aromatic N) is 2. The van der Waals surface area contributed by atoms with Crippen LogP contribution in [0.15, 0.2) is 24.4 Å². The predicted octanol–water partition coefficient (Wildman–Crippen LogP) is 3.23. The monoisotopic (exact) mass is 314 g/mol. The molecule has 7 heteroatoms. The van der Waals surface area contributed by atoms with Gasteiger partial charge in [0.05, 0.1) is 12.8 Å². The molecule has 1 heterocycles. The number of rotatable bonds is 6. The minimum Gasteiger partial charge on any atom is -0.493 e.